The van der Waals surface area contributed by atoms with Gasteiger partial charge in [-0.2, -0.15) is 9.13 Å². The third-order valence-electron chi connectivity index (χ3n) is 5.86. The molecule has 0 fully saturated rings. The molecule has 4 nitrogen and oxygen atoms in total. The molecule has 0 saturated heterocycles. The van der Waals surface area contributed by atoms with E-state index >= 15 is 0 Å². The molecule has 0 amide bonds. The summed E-state index contributed by atoms with van der Waals surface area (Å²) in [6.07, 6.45) is 0. The van der Waals surface area contributed by atoms with E-state index in [1.54, 1.807) is 0 Å². The SMILES string of the molecule is Cc1cc(-c2cc(C)[n+](Cc3ccccc3)c(C)c2)cc(C)[n+]1Cc1ccccc1.[O-]B(F)F.[O-]B(F)F. The molecule has 0 spiro atoms. The molecule has 2 aromatic carbocycles. The number of rotatable bonds is 5. The predicted molar refractivity (Wildman–Crippen MR) is 138 cm³/mol. The molecule has 0 atom stereocenters. The number of halogens is 4. The van der Waals surface area contributed by atoms with Gasteiger partial charge in [-0.15, -0.1) is 0 Å². The Kier molecular flexibility index (Phi) is 12.2. The second kappa shape index (κ2) is 15.1. The fourth-order valence-electron chi connectivity index (χ4n) is 4.22. The minimum absolute atomic E-state index is 0.905. The van der Waals surface area contributed by atoms with Crippen LogP contribution in [0.25, 0.3) is 11.1 Å². The maximum absolute atomic E-state index is 9.78. The van der Waals surface area contributed by atoms with Crippen molar-refractivity contribution in [1.29, 1.82) is 0 Å². The van der Waals surface area contributed by atoms with Crippen LogP contribution in [-0.4, -0.2) is 14.9 Å². The lowest BCUT2D eigenvalue weighted by Crippen LogP contribution is -2.41. The Bertz CT molecular complexity index is 1140. The van der Waals surface area contributed by atoms with Gasteiger partial charge >= 0.3 is 14.9 Å². The second-order valence-electron chi connectivity index (χ2n) is 8.72. The first-order valence-corrected chi connectivity index (χ1v) is 12.0. The van der Waals surface area contributed by atoms with Crippen molar-refractivity contribution in [3.63, 3.8) is 0 Å². The van der Waals surface area contributed by atoms with Crippen LogP contribution in [0.4, 0.5) is 17.3 Å². The van der Waals surface area contributed by atoms with E-state index < -0.39 is 14.9 Å². The number of hydrogen-bond acceptors (Lipinski definition) is 2. The zero-order valence-corrected chi connectivity index (χ0v) is 21.9. The van der Waals surface area contributed by atoms with Crippen LogP contribution >= 0.6 is 0 Å². The fraction of sp³-hybridized carbons (Fsp3) is 0.214. The summed E-state index contributed by atoms with van der Waals surface area (Å²) in [6, 6.07) is 30.6. The number of benzene rings is 2. The third kappa shape index (κ3) is 10.1. The normalized spacial score (nSPS) is 10.1. The first-order chi connectivity index (χ1) is 18.0. The van der Waals surface area contributed by atoms with E-state index in [1.807, 2.05) is 0 Å². The smallest absolute Gasteiger partial charge is 0.447 e. The molecule has 0 aliphatic carbocycles. The molecule has 198 valence electrons. The van der Waals surface area contributed by atoms with Crippen molar-refractivity contribution in [2.75, 3.05) is 0 Å². The Morgan fingerprint density at radius 2 is 0.763 bits per heavy atom. The summed E-state index contributed by atoms with van der Waals surface area (Å²) in [7, 11) is -6.83. The average Bonchev–Trinajstić information content (AvgIpc) is 2.84. The van der Waals surface area contributed by atoms with Gasteiger partial charge in [0.15, 0.2) is 35.9 Å². The van der Waals surface area contributed by atoms with Crippen molar-refractivity contribution >= 4 is 14.9 Å². The monoisotopic (exact) mass is 524 g/mol. The van der Waals surface area contributed by atoms with Gasteiger partial charge in [0, 0.05) is 63.1 Å². The summed E-state index contributed by atoms with van der Waals surface area (Å²) in [4.78, 5) is 0. The number of hydrogen-bond donors (Lipinski definition) is 0. The molecule has 4 aromatic rings. The van der Waals surface area contributed by atoms with E-state index in [0.29, 0.717) is 0 Å². The van der Waals surface area contributed by atoms with Crippen molar-refractivity contribution in [2.45, 2.75) is 40.8 Å². The van der Waals surface area contributed by atoms with Crippen LogP contribution in [0.5, 0.6) is 0 Å². The molecule has 0 aliphatic rings. The van der Waals surface area contributed by atoms with Gasteiger partial charge in [-0.25, -0.2) is 0 Å². The lowest BCUT2D eigenvalue weighted by Gasteiger charge is -2.10. The topological polar surface area (TPSA) is 53.9 Å². The highest BCUT2D eigenvalue weighted by Gasteiger charge is 2.18. The molecule has 38 heavy (non-hydrogen) atoms. The van der Waals surface area contributed by atoms with Gasteiger partial charge in [-0.3, -0.25) is 0 Å². The highest BCUT2D eigenvalue weighted by atomic mass is 19.2. The van der Waals surface area contributed by atoms with Crippen molar-refractivity contribution in [3.8, 4) is 11.1 Å². The van der Waals surface area contributed by atoms with Gasteiger partial charge in [0.2, 0.25) is 0 Å². The Morgan fingerprint density at radius 1 is 0.526 bits per heavy atom. The minimum atomic E-state index is -3.42. The molecule has 10 heteroatoms. The van der Waals surface area contributed by atoms with E-state index in [2.05, 4.69) is 122 Å². The van der Waals surface area contributed by atoms with E-state index in [-0.39, 0.29) is 0 Å². The van der Waals surface area contributed by atoms with Gasteiger partial charge in [0.05, 0.1) is 0 Å². The van der Waals surface area contributed by atoms with Crippen LogP contribution in [0.3, 0.4) is 0 Å². The van der Waals surface area contributed by atoms with Gasteiger partial charge in [-0.1, -0.05) is 60.7 Å². The van der Waals surface area contributed by atoms with Crippen molar-refractivity contribution in [1.82, 2.24) is 0 Å². The lowest BCUT2D eigenvalue weighted by atomic mass is 10.0. The molecular formula is C28H30B2F4N2O2. The molecule has 0 unspecified atom stereocenters. The molecule has 2 aromatic heterocycles. The Labute approximate surface area is 222 Å². The summed E-state index contributed by atoms with van der Waals surface area (Å²) in [6.45, 7) is 10.6. The fourth-order valence-corrected chi connectivity index (χ4v) is 4.22. The second-order valence-corrected chi connectivity index (χ2v) is 8.72. The zero-order valence-electron chi connectivity index (χ0n) is 21.9. The van der Waals surface area contributed by atoms with E-state index in [4.69, 9.17) is 10.0 Å². The summed E-state index contributed by atoms with van der Waals surface area (Å²) < 4.78 is 43.9. The summed E-state index contributed by atoms with van der Waals surface area (Å²) in [5.74, 6) is 0. The maximum atomic E-state index is 9.78. The quantitative estimate of drug-likeness (QED) is 0.227. The molecule has 0 saturated carbocycles. The number of aromatic nitrogens is 2. The van der Waals surface area contributed by atoms with Gasteiger partial charge in [0.25, 0.3) is 0 Å². The number of pyridine rings is 2. The molecule has 2 heterocycles. The summed E-state index contributed by atoms with van der Waals surface area (Å²) >= 11 is 0. The van der Waals surface area contributed by atoms with Gasteiger partial charge < -0.3 is 27.3 Å². The van der Waals surface area contributed by atoms with E-state index in [0.717, 1.165) is 13.1 Å². The molecule has 0 N–H and O–H groups in total. The third-order valence-corrected chi connectivity index (χ3v) is 5.86. The molecule has 4 rings (SSSR count). The van der Waals surface area contributed by atoms with Crippen molar-refractivity contribution in [2.24, 2.45) is 0 Å². The minimum Gasteiger partial charge on any atom is -0.824 e. The lowest BCUT2D eigenvalue weighted by molar-refractivity contribution is -0.700. The van der Waals surface area contributed by atoms with Crippen LogP contribution in [0.15, 0.2) is 84.9 Å². The van der Waals surface area contributed by atoms with E-state index in [1.165, 1.54) is 45.0 Å². The molecule has 0 bridgehead atoms. The summed E-state index contributed by atoms with van der Waals surface area (Å²) in [5.41, 5.74) is 10.4. The number of nitrogens with zero attached hydrogens (tertiary/aromatic N) is 2. The molecule has 0 radical (unpaired) electrons. The van der Waals surface area contributed by atoms with Gasteiger partial charge in [-0.05, 0) is 11.1 Å². The average molecular weight is 524 g/mol. The Morgan fingerprint density at radius 3 is 1.00 bits per heavy atom. The largest absolute Gasteiger partial charge is 0.824 e. The predicted octanol–water partition coefficient (Wildman–Crippen LogP) is 3.80. The van der Waals surface area contributed by atoms with Crippen LogP contribution < -0.4 is 19.2 Å². The van der Waals surface area contributed by atoms with Crippen molar-refractivity contribution in [3.05, 3.63) is 119 Å². The van der Waals surface area contributed by atoms with Crippen LogP contribution in [0.2, 0.25) is 0 Å². The first kappa shape index (κ1) is 30.7. The number of aryl methyl sites for hydroxylation is 4. The van der Waals surface area contributed by atoms with Crippen LogP contribution in [-0.2, 0) is 13.1 Å². The first-order valence-electron chi connectivity index (χ1n) is 12.0. The van der Waals surface area contributed by atoms with Crippen LogP contribution in [0, 0.1) is 27.7 Å². The highest BCUT2D eigenvalue weighted by molar-refractivity contribution is 6.30. The molecular weight excluding hydrogens is 494 g/mol. The van der Waals surface area contributed by atoms with Gasteiger partial charge in [0.1, 0.15) is 0 Å². The Balaban J connectivity index is 0.000000559. The standard InChI is InChI=1S/C28H30N2.2BF2O/c1-21-15-27(16-22(2)29(21)19-25-11-7-5-8-12-25)28-17-23(3)30(24(4)18-28)20-26-13-9-6-10-14-26;2*2-1(3)4/h5-18H,19-20H2,1-4H3;;/q+2;2*-1. The maximum Gasteiger partial charge on any atom is 0.447 e. The summed E-state index contributed by atoms with van der Waals surface area (Å²) in [5, 5.41) is 16.4. The Hall–Kier alpha value is -3.49. The van der Waals surface area contributed by atoms with Crippen molar-refractivity contribution < 1.29 is 36.4 Å². The molecule has 0 aliphatic heterocycles. The zero-order chi connectivity index (χ0) is 28.2. The highest BCUT2D eigenvalue weighted by Crippen LogP contribution is 2.22. The van der Waals surface area contributed by atoms with E-state index in [9.17, 15) is 17.3 Å². The van der Waals surface area contributed by atoms with Crippen LogP contribution in [0.1, 0.15) is 33.9 Å².